The fraction of sp³-hybridized carbons (Fsp3) is 0.435. The van der Waals surface area contributed by atoms with Crippen molar-refractivity contribution in [2.24, 2.45) is 5.92 Å². The van der Waals surface area contributed by atoms with E-state index in [-0.39, 0.29) is 25.1 Å². The van der Waals surface area contributed by atoms with Gasteiger partial charge in [0.25, 0.3) is 0 Å². The number of nitrogen functional groups attached to an aromatic ring is 1. The molecule has 33 heavy (non-hydrogen) atoms. The van der Waals surface area contributed by atoms with E-state index in [0.717, 1.165) is 59.1 Å². The van der Waals surface area contributed by atoms with E-state index in [4.69, 9.17) is 32.3 Å². The van der Waals surface area contributed by atoms with Crippen LogP contribution in [0.3, 0.4) is 0 Å². The van der Waals surface area contributed by atoms with Crippen LogP contribution in [0.5, 0.6) is 0 Å². The lowest BCUT2D eigenvalue weighted by atomic mass is 9.94. The van der Waals surface area contributed by atoms with E-state index in [9.17, 15) is 0 Å². The van der Waals surface area contributed by atoms with Crippen molar-refractivity contribution >= 4 is 40.1 Å². The molecule has 4 rings (SSSR count). The zero-order valence-corrected chi connectivity index (χ0v) is 19.8. The van der Waals surface area contributed by atoms with E-state index < -0.39 is 0 Å². The predicted molar refractivity (Wildman–Crippen MR) is 131 cm³/mol. The summed E-state index contributed by atoms with van der Waals surface area (Å²) in [5, 5.41) is 24.8. The highest BCUT2D eigenvalue weighted by Gasteiger charge is 2.21. The van der Waals surface area contributed by atoms with Crippen LogP contribution in [0.2, 0.25) is 5.02 Å². The number of nitrogens with one attached hydrogen (secondary N) is 1. The van der Waals surface area contributed by atoms with Crippen molar-refractivity contribution < 1.29 is 14.9 Å². The third-order valence-corrected chi connectivity index (χ3v) is 6.86. The molecule has 176 valence electrons. The maximum absolute atomic E-state index is 9.10. The first kappa shape index (κ1) is 24.1. The molecule has 0 aliphatic carbocycles. The molecule has 5 N–H and O–H groups in total. The van der Waals surface area contributed by atoms with Crippen molar-refractivity contribution in [1.82, 2.24) is 20.3 Å². The van der Waals surface area contributed by atoms with Gasteiger partial charge < -0.3 is 26.0 Å². The number of benzene rings is 2. The Morgan fingerprint density at radius 3 is 2.76 bits per heavy atom. The molecule has 0 saturated heterocycles. The molecule has 1 aromatic heterocycles. The fourth-order valence-corrected chi connectivity index (χ4v) is 5.02. The molecule has 0 radical (unpaired) electrons. The van der Waals surface area contributed by atoms with Crippen LogP contribution in [0.15, 0.2) is 29.4 Å². The Morgan fingerprint density at radius 1 is 1.12 bits per heavy atom. The van der Waals surface area contributed by atoms with E-state index in [1.807, 2.05) is 18.2 Å². The molecule has 1 aliphatic rings. The number of aromatic nitrogens is 3. The summed E-state index contributed by atoms with van der Waals surface area (Å²) in [6.45, 7) is 2.70. The van der Waals surface area contributed by atoms with Crippen molar-refractivity contribution in [2.75, 3.05) is 37.8 Å². The SMILES string of the molecule is Nc1nc(SCCCNCCC(CO)CO)nc(-c2c(Cl)cc3c4c(cccc24)COC3)n1. The average molecular weight is 490 g/mol. The number of rotatable bonds is 11. The molecular weight excluding hydrogens is 462 g/mol. The van der Waals surface area contributed by atoms with Gasteiger partial charge in [0.15, 0.2) is 11.0 Å². The molecule has 0 bridgehead atoms. The van der Waals surface area contributed by atoms with Crippen LogP contribution in [0.25, 0.3) is 22.2 Å². The van der Waals surface area contributed by atoms with Gasteiger partial charge in [-0.15, -0.1) is 0 Å². The van der Waals surface area contributed by atoms with Crippen molar-refractivity contribution in [2.45, 2.75) is 31.2 Å². The minimum absolute atomic E-state index is 0.00822. The van der Waals surface area contributed by atoms with Crippen molar-refractivity contribution in [1.29, 1.82) is 0 Å². The van der Waals surface area contributed by atoms with Gasteiger partial charge in [0, 0.05) is 30.4 Å². The number of aliphatic hydroxyl groups is 2. The summed E-state index contributed by atoms with van der Waals surface area (Å²) in [4.78, 5) is 13.3. The molecule has 8 nitrogen and oxygen atoms in total. The highest BCUT2D eigenvalue weighted by molar-refractivity contribution is 7.99. The number of nitrogens with two attached hydrogens (primary N) is 1. The summed E-state index contributed by atoms with van der Waals surface area (Å²) in [7, 11) is 0. The van der Waals surface area contributed by atoms with E-state index in [1.54, 1.807) is 0 Å². The van der Waals surface area contributed by atoms with E-state index in [0.29, 0.717) is 29.2 Å². The molecule has 0 fully saturated rings. The number of nitrogens with zero attached hydrogens (tertiary/aromatic N) is 3. The van der Waals surface area contributed by atoms with Crippen LogP contribution in [0.1, 0.15) is 24.0 Å². The molecule has 0 amide bonds. The van der Waals surface area contributed by atoms with Gasteiger partial charge in [0.2, 0.25) is 5.95 Å². The lowest BCUT2D eigenvalue weighted by Crippen LogP contribution is -2.22. The van der Waals surface area contributed by atoms with Gasteiger partial charge in [0.05, 0.1) is 18.2 Å². The minimum Gasteiger partial charge on any atom is -0.396 e. The Kier molecular flexibility index (Phi) is 8.34. The zero-order valence-electron chi connectivity index (χ0n) is 18.3. The molecule has 10 heteroatoms. The lowest BCUT2D eigenvalue weighted by Gasteiger charge is -2.20. The van der Waals surface area contributed by atoms with Gasteiger partial charge in [-0.1, -0.05) is 41.6 Å². The van der Waals surface area contributed by atoms with Crippen LogP contribution in [0.4, 0.5) is 5.95 Å². The lowest BCUT2D eigenvalue weighted by molar-refractivity contribution is 0.103. The summed E-state index contributed by atoms with van der Waals surface area (Å²) < 4.78 is 5.68. The smallest absolute Gasteiger partial charge is 0.224 e. The molecule has 0 unspecified atom stereocenters. The van der Waals surface area contributed by atoms with E-state index >= 15 is 0 Å². The first-order valence-corrected chi connectivity index (χ1v) is 12.3. The van der Waals surface area contributed by atoms with Crippen LogP contribution in [0, 0.1) is 5.92 Å². The summed E-state index contributed by atoms with van der Waals surface area (Å²) in [6.07, 6.45) is 1.66. The molecule has 2 heterocycles. The monoisotopic (exact) mass is 489 g/mol. The van der Waals surface area contributed by atoms with Crippen LogP contribution < -0.4 is 11.1 Å². The molecule has 2 aromatic carbocycles. The Hall–Kier alpha value is -2.01. The third kappa shape index (κ3) is 5.74. The minimum atomic E-state index is -0.0620. The van der Waals surface area contributed by atoms with Crippen molar-refractivity contribution in [3.05, 3.63) is 40.4 Å². The highest BCUT2D eigenvalue weighted by atomic mass is 35.5. The number of aliphatic hydroxyl groups excluding tert-OH is 2. The zero-order chi connectivity index (χ0) is 23.2. The molecule has 1 aliphatic heterocycles. The highest BCUT2D eigenvalue weighted by Crippen LogP contribution is 2.39. The second-order valence-electron chi connectivity index (χ2n) is 8.00. The second-order valence-corrected chi connectivity index (χ2v) is 9.47. The van der Waals surface area contributed by atoms with Gasteiger partial charge in [0.1, 0.15) is 0 Å². The second kappa shape index (κ2) is 11.4. The van der Waals surface area contributed by atoms with Gasteiger partial charge in [-0.2, -0.15) is 9.97 Å². The van der Waals surface area contributed by atoms with Crippen molar-refractivity contribution in [3.63, 3.8) is 0 Å². The molecule has 0 atom stereocenters. The predicted octanol–water partition coefficient (Wildman–Crippen LogP) is 3.02. The van der Waals surface area contributed by atoms with Crippen LogP contribution in [-0.2, 0) is 18.0 Å². The summed E-state index contributed by atoms with van der Waals surface area (Å²) in [5.41, 5.74) is 8.97. The van der Waals surface area contributed by atoms with Crippen LogP contribution >= 0.6 is 23.4 Å². The number of halogens is 1. The Morgan fingerprint density at radius 2 is 1.94 bits per heavy atom. The normalized spacial score (nSPS) is 13.2. The average Bonchev–Trinajstić information content (AvgIpc) is 2.81. The van der Waals surface area contributed by atoms with Crippen molar-refractivity contribution in [3.8, 4) is 11.4 Å². The summed E-state index contributed by atoms with van der Waals surface area (Å²) in [6, 6.07) is 8.02. The third-order valence-electron chi connectivity index (χ3n) is 5.63. The number of thioether (sulfide) groups is 1. The summed E-state index contributed by atoms with van der Waals surface area (Å²) >= 11 is 8.20. The molecule has 0 spiro atoms. The number of hydrogen-bond donors (Lipinski definition) is 4. The van der Waals surface area contributed by atoms with Gasteiger partial charge in [-0.25, -0.2) is 4.98 Å². The quantitative estimate of drug-likeness (QED) is 0.237. The maximum atomic E-state index is 9.10. The van der Waals surface area contributed by atoms with E-state index in [1.165, 1.54) is 11.8 Å². The van der Waals surface area contributed by atoms with Gasteiger partial charge in [-0.05, 0) is 53.9 Å². The van der Waals surface area contributed by atoms with Gasteiger partial charge >= 0.3 is 0 Å². The Balaban J connectivity index is 1.45. The standard InChI is InChI=1S/C23H28ClN5O3S/c24-18-9-16-13-32-12-15-3-1-4-17(19(15)16)20(18)21-27-22(25)29-23(28-21)33-8-2-6-26-7-5-14(10-30)11-31/h1,3-4,9,14,26,30-31H,2,5-8,10-13H2,(H2,25,27,28,29). The van der Waals surface area contributed by atoms with E-state index in [2.05, 4.69) is 26.3 Å². The topological polar surface area (TPSA) is 126 Å². The molecular formula is C23H28ClN5O3S. The number of anilines is 1. The number of ether oxygens (including phenoxy) is 1. The summed E-state index contributed by atoms with van der Waals surface area (Å²) in [5.74, 6) is 1.39. The maximum Gasteiger partial charge on any atom is 0.224 e. The molecule has 3 aromatic rings. The first-order chi connectivity index (χ1) is 16.1. The molecule has 0 saturated carbocycles. The van der Waals surface area contributed by atoms with Crippen LogP contribution in [-0.4, -0.2) is 57.2 Å². The number of hydrogen-bond acceptors (Lipinski definition) is 9. The Labute approximate surface area is 201 Å². The largest absolute Gasteiger partial charge is 0.396 e. The fourth-order valence-electron chi connectivity index (χ4n) is 3.93. The first-order valence-electron chi connectivity index (χ1n) is 11.0. The van der Waals surface area contributed by atoms with Gasteiger partial charge in [-0.3, -0.25) is 0 Å². The Bertz CT molecular complexity index is 1110.